The summed E-state index contributed by atoms with van der Waals surface area (Å²) in [5.41, 5.74) is 0.988. The highest BCUT2D eigenvalue weighted by atomic mass is 127. The van der Waals surface area contributed by atoms with Gasteiger partial charge >= 0.3 is 6.18 Å². The van der Waals surface area contributed by atoms with Crippen LogP contribution in [0, 0.1) is 17.4 Å². The molecule has 0 N–H and O–H groups in total. The molecular weight excluding hydrogens is 498 g/mol. The Labute approximate surface area is 177 Å². The van der Waals surface area contributed by atoms with Crippen LogP contribution in [0.5, 0.6) is 0 Å². The summed E-state index contributed by atoms with van der Waals surface area (Å²) < 4.78 is 41.4. The van der Waals surface area contributed by atoms with E-state index < -0.39 is 23.7 Å². The van der Waals surface area contributed by atoms with Gasteiger partial charge < -0.3 is 0 Å². The molecule has 1 aromatic heterocycles. The highest BCUT2D eigenvalue weighted by molar-refractivity contribution is 14.1. The number of aromatic nitrogens is 2. The number of carbonyl (C=O) groups is 2. The minimum atomic E-state index is -4.56. The molecule has 2 aromatic carbocycles. The van der Waals surface area contributed by atoms with Crippen molar-refractivity contribution < 1.29 is 22.8 Å². The number of halogens is 4. The van der Waals surface area contributed by atoms with E-state index in [2.05, 4.69) is 5.10 Å². The summed E-state index contributed by atoms with van der Waals surface area (Å²) in [6.45, 7) is 3.12. The molecule has 29 heavy (non-hydrogen) atoms. The van der Waals surface area contributed by atoms with Crippen molar-refractivity contribution in [1.82, 2.24) is 9.78 Å². The first-order valence-corrected chi connectivity index (χ1v) is 9.59. The van der Waals surface area contributed by atoms with E-state index in [1.54, 1.807) is 25.1 Å². The molecule has 0 aliphatic carbocycles. The van der Waals surface area contributed by atoms with Gasteiger partial charge in [-0.1, -0.05) is 6.07 Å². The number of aryl methyl sites for hydroxylation is 2. The number of benzene rings is 2. The van der Waals surface area contributed by atoms with Gasteiger partial charge in [0.25, 0.3) is 11.8 Å². The van der Waals surface area contributed by atoms with E-state index in [4.69, 9.17) is 0 Å². The van der Waals surface area contributed by atoms with Gasteiger partial charge in [-0.15, -0.1) is 0 Å². The topological polar surface area (TPSA) is 55.2 Å². The molecule has 3 aromatic rings. The number of carbonyl (C=O) groups excluding carboxylic acids is 2. The minimum Gasteiger partial charge on any atom is -0.268 e. The molecule has 1 aliphatic rings. The van der Waals surface area contributed by atoms with E-state index in [0.29, 0.717) is 25.9 Å². The lowest BCUT2D eigenvalue weighted by atomic mass is 10.1. The Balaban J connectivity index is 1.78. The summed E-state index contributed by atoms with van der Waals surface area (Å²) in [6.07, 6.45) is -4.56. The van der Waals surface area contributed by atoms with Crippen molar-refractivity contribution in [3.8, 4) is 5.69 Å². The Morgan fingerprint density at radius 3 is 2.34 bits per heavy atom. The molecule has 1 aliphatic heterocycles. The van der Waals surface area contributed by atoms with Crippen LogP contribution in [0.25, 0.3) is 5.69 Å². The molecule has 0 saturated heterocycles. The molecule has 9 heteroatoms. The predicted molar refractivity (Wildman–Crippen MR) is 108 cm³/mol. The Hall–Kier alpha value is -2.69. The molecule has 0 unspecified atom stereocenters. The zero-order valence-electron chi connectivity index (χ0n) is 15.2. The maximum atomic E-state index is 13.3. The lowest BCUT2D eigenvalue weighted by Gasteiger charge is -2.18. The summed E-state index contributed by atoms with van der Waals surface area (Å²) in [5.74, 6) is -0.901. The van der Waals surface area contributed by atoms with E-state index in [1.807, 2.05) is 22.6 Å². The minimum absolute atomic E-state index is 0.192. The molecular formula is C20H13F3IN3O2. The smallest absolute Gasteiger partial charge is 0.268 e. The van der Waals surface area contributed by atoms with Crippen LogP contribution in [0.3, 0.4) is 0 Å². The number of fused-ring (bicyclic) bond motifs is 1. The molecule has 2 heterocycles. The molecule has 148 valence electrons. The first kappa shape index (κ1) is 19.6. The maximum absolute atomic E-state index is 13.3. The van der Waals surface area contributed by atoms with Gasteiger partial charge in [0.15, 0.2) is 0 Å². The Morgan fingerprint density at radius 1 is 1.00 bits per heavy atom. The van der Waals surface area contributed by atoms with Gasteiger partial charge in [-0.05, 0) is 78.4 Å². The second-order valence-electron chi connectivity index (χ2n) is 6.66. The SMILES string of the molecule is Cc1cc(C(F)(F)F)n(-c2ccc(N3C(=O)c4cccc(I)c4C3=O)c(C)c2)n1. The summed E-state index contributed by atoms with van der Waals surface area (Å²) in [5, 5.41) is 3.94. The highest BCUT2D eigenvalue weighted by Crippen LogP contribution is 2.35. The third kappa shape index (κ3) is 3.13. The van der Waals surface area contributed by atoms with Crippen LogP contribution in [0.1, 0.15) is 37.7 Å². The normalized spacial score (nSPS) is 13.9. The lowest BCUT2D eigenvalue weighted by Crippen LogP contribution is -2.30. The third-order valence-electron chi connectivity index (χ3n) is 4.65. The molecule has 0 saturated carbocycles. The fraction of sp³-hybridized carbons (Fsp3) is 0.150. The number of hydrogen-bond donors (Lipinski definition) is 0. The average Bonchev–Trinajstić information content (AvgIpc) is 3.15. The van der Waals surface area contributed by atoms with Gasteiger partial charge in [-0.2, -0.15) is 18.3 Å². The maximum Gasteiger partial charge on any atom is 0.433 e. The van der Waals surface area contributed by atoms with Gasteiger partial charge in [-0.3, -0.25) is 9.59 Å². The molecule has 5 nitrogen and oxygen atoms in total. The van der Waals surface area contributed by atoms with Crippen LogP contribution in [-0.4, -0.2) is 21.6 Å². The number of alkyl halides is 3. The van der Waals surface area contributed by atoms with E-state index in [9.17, 15) is 22.8 Å². The summed E-state index contributed by atoms with van der Waals surface area (Å²) in [4.78, 5) is 26.7. The van der Waals surface area contributed by atoms with E-state index in [1.165, 1.54) is 25.1 Å². The van der Waals surface area contributed by atoms with Crippen molar-refractivity contribution >= 4 is 40.1 Å². The van der Waals surface area contributed by atoms with Gasteiger partial charge in [0.2, 0.25) is 0 Å². The first-order valence-electron chi connectivity index (χ1n) is 8.52. The average molecular weight is 511 g/mol. The van der Waals surface area contributed by atoms with Gasteiger partial charge in [0.1, 0.15) is 5.69 Å². The van der Waals surface area contributed by atoms with Gasteiger partial charge in [0, 0.05) is 3.57 Å². The van der Waals surface area contributed by atoms with Crippen molar-refractivity contribution in [2.45, 2.75) is 20.0 Å². The Kier molecular flexibility index (Phi) is 4.52. The Bertz CT molecular complexity index is 1180. The Morgan fingerprint density at radius 2 is 1.72 bits per heavy atom. The molecule has 0 atom stereocenters. The molecule has 0 spiro atoms. The summed E-state index contributed by atoms with van der Waals surface area (Å²) >= 11 is 2.00. The predicted octanol–water partition coefficient (Wildman–Crippen LogP) is 4.91. The van der Waals surface area contributed by atoms with Crippen molar-refractivity contribution in [1.29, 1.82) is 0 Å². The second kappa shape index (κ2) is 6.68. The third-order valence-corrected chi connectivity index (χ3v) is 5.55. The number of imide groups is 1. The first-order chi connectivity index (χ1) is 13.6. The van der Waals surface area contributed by atoms with Crippen LogP contribution >= 0.6 is 22.6 Å². The van der Waals surface area contributed by atoms with Crippen LogP contribution < -0.4 is 4.90 Å². The zero-order chi connectivity index (χ0) is 21.1. The molecule has 0 fully saturated rings. The number of amides is 2. The van der Waals surface area contributed by atoms with Gasteiger partial charge in [-0.25, -0.2) is 9.58 Å². The number of anilines is 1. The largest absolute Gasteiger partial charge is 0.433 e. The fourth-order valence-corrected chi connectivity index (χ4v) is 4.11. The number of nitrogens with zero attached hydrogens (tertiary/aromatic N) is 3. The van der Waals surface area contributed by atoms with Crippen LogP contribution in [0.2, 0.25) is 0 Å². The van der Waals surface area contributed by atoms with E-state index >= 15 is 0 Å². The van der Waals surface area contributed by atoms with Crippen molar-refractivity contribution in [2.24, 2.45) is 0 Å². The lowest BCUT2D eigenvalue weighted by molar-refractivity contribution is -0.142. The quantitative estimate of drug-likeness (QED) is 0.363. The van der Waals surface area contributed by atoms with Crippen molar-refractivity contribution in [2.75, 3.05) is 4.90 Å². The second-order valence-corrected chi connectivity index (χ2v) is 7.82. The van der Waals surface area contributed by atoms with Crippen molar-refractivity contribution in [3.63, 3.8) is 0 Å². The van der Waals surface area contributed by atoms with E-state index in [-0.39, 0.29) is 11.4 Å². The van der Waals surface area contributed by atoms with Crippen LogP contribution in [0.4, 0.5) is 18.9 Å². The summed E-state index contributed by atoms with van der Waals surface area (Å²) in [7, 11) is 0. The molecule has 0 radical (unpaired) electrons. The van der Waals surface area contributed by atoms with Crippen LogP contribution in [-0.2, 0) is 6.18 Å². The highest BCUT2D eigenvalue weighted by Gasteiger charge is 2.39. The molecule has 0 bridgehead atoms. The number of hydrogen-bond acceptors (Lipinski definition) is 3. The van der Waals surface area contributed by atoms with Crippen LogP contribution in [0.15, 0.2) is 42.5 Å². The monoisotopic (exact) mass is 511 g/mol. The molecule has 4 rings (SSSR count). The number of rotatable bonds is 2. The standard InChI is InChI=1S/C20H13F3IN3O2/c1-10-8-12(27-16(20(21,22)23)9-11(2)25-27)6-7-15(10)26-18(28)13-4-3-5-14(24)17(13)19(26)29/h3-9H,1-2H3. The van der Waals surface area contributed by atoms with E-state index in [0.717, 1.165) is 15.6 Å². The van der Waals surface area contributed by atoms with Crippen molar-refractivity contribution in [3.05, 3.63) is 74.1 Å². The summed E-state index contributed by atoms with van der Waals surface area (Å²) in [6, 6.07) is 10.4. The molecule has 2 amide bonds. The van der Waals surface area contributed by atoms with Gasteiger partial charge in [0.05, 0.1) is 28.2 Å². The zero-order valence-corrected chi connectivity index (χ0v) is 17.4. The fourth-order valence-electron chi connectivity index (χ4n) is 3.38.